The average Bonchev–Trinajstić information content (AvgIpc) is 2.03. The number of alkyl halides is 2. The largest absolute Gasteiger partial charge is 0.266 e. The van der Waals surface area contributed by atoms with Crippen LogP contribution in [0.4, 0.5) is 8.78 Å². The van der Waals surface area contributed by atoms with Crippen LogP contribution in [0, 0.1) is 0 Å². The lowest BCUT2D eigenvalue weighted by Gasteiger charge is -2.15. The number of nitrogens with zero attached hydrogens (tertiary/aromatic N) is 2. The van der Waals surface area contributed by atoms with Gasteiger partial charge in [0.15, 0.2) is 0 Å². The van der Waals surface area contributed by atoms with E-state index in [4.69, 9.17) is 0 Å². The summed E-state index contributed by atoms with van der Waals surface area (Å²) in [5, 5.41) is 0. The lowest BCUT2D eigenvalue weighted by Crippen LogP contribution is -2.15. The third-order valence-electron chi connectivity index (χ3n) is 1.59. The summed E-state index contributed by atoms with van der Waals surface area (Å²) in [7, 11) is 0. The standard InChI is InChI=1S/C9H12F2N2/c1-9(2,3)8-12-4-6(5-13-8)7(10)11/h4-5,7H,1-3H3. The van der Waals surface area contributed by atoms with Crippen molar-refractivity contribution < 1.29 is 8.78 Å². The van der Waals surface area contributed by atoms with Gasteiger partial charge in [0, 0.05) is 17.8 Å². The normalized spacial score (nSPS) is 12.2. The van der Waals surface area contributed by atoms with Crippen molar-refractivity contribution in [2.75, 3.05) is 0 Å². The smallest absolute Gasteiger partial charge is 0.240 e. The van der Waals surface area contributed by atoms with E-state index in [1.54, 1.807) is 0 Å². The molecule has 0 fully saturated rings. The highest BCUT2D eigenvalue weighted by Crippen LogP contribution is 2.20. The Morgan fingerprint density at radius 1 is 1.15 bits per heavy atom. The summed E-state index contributed by atoms with van der Waals surface area (Å²) < 4.78 is 24.2. The predicted octanol–water partition coefficient (Wildman–Crippen LogP) is 2.71. The molecule has 13 heavy (non-hydrogen) atoms. The van der Waals surface area contributed by atoms with Gasteiger partial charge in [-0.1, -0.05) is 20.8 Å². The second-order valence-corrected chi connectivity index (χ2v) is 3.89. The first-order chi connectivity index (χ1) is 5.91. The van der Waals surface area contributed by atoms with E-state index < -0.39 is 6.43 Å². The average molecular weight is 186 g/mol. The minimum absolute atomic E-state index is 0.131. The van der Waals surface area contributed by atoms with Crippen molar-refractivity contribution in [3.05, 3.63) is 23.8 Å². The summed E-state index contributed by atoms with van der Waals surface area (Å²) in [5.41, 5.74) is -0.325. The van der Waals surface area contributed by atoms with Crippen LogP contribution >= 0.6 is 0 Å². The molecule has 0 aliphatic heterocycles. The van der Waals surface area contributed by atoms with Crippen LogP contribution < -0.4 is 0 Å². The quantitative estimate of drug-likeness (QED) is 0.673. The summed E-state index contributed by atoms with van der Waals surface area (Å²) in [6.45, 7) is 5.80. The van der Waals surface area contributed by atoms with Crippen molar-refractivity contribution in [3.63, 3.8) is 0 Å². The van der Waals surface area contributed by atoms with Gasteiger partial charge in [-0.05, 0) is 0 Å². The van der Waals surface area contributed by atoms with Crippen LogP contribution in [0.15, 0.2) is 12.4 Å². The zero-order chi connectivity index (χ0) is 10.1. The van der Waals surface area contributed by atoms with Crippen molar-refractivity contribution in [2.24, 2.45) is 0 Å². The first-order valence-electron chi connectivity index (χ1n) is 4.02. The highest BCUT2D eigenvalue weighted by Gasteiger charge is 2.17. The maximum atomic E-state index is 12.1. The first-order valence-corrected chi connectivity index (χ1v) is 4.02. The third-order valence-corrected chi connectivity index (χ3v) is 1.59. The molecular weight excluding hydrogens is 174 g/mol. The van der Waals surface area contributed by atoms with Gasteiger partial charge in [-0.15, -0.1) is 0 Å². The van der Waals surface area contributed by atoms with Gasteiger partial charge in [-0.3, -0.25) is 0 Å². The van der Waals surface area contributed by atoms with Crippen molar-refractivity contribution >= 4 is 0 Å². The Balaban J connectivity index is 2.94. The fourth-order valence-corrected chi connectivity index (χ4v) is 0.838. The van der Waals surface area contributed by atoms with E-state index in [-0.39, 0.29) is 11.0 Å². The van der Waals surface area contributed by atoms with Gasteiger partial charge >= 0.3 is 0 Å². The van der Waals surface area contributed by atoms with E-state index in [9.17, 15) is 8.78 Å². The molecule has 0 saturated heterocycles. The van der Waals surface area contributed by atoms with Crippen LogP contribution in [0.2, 0.25) is 0 Å². The Morgan fingerprint density at radius 2 is 1.62 bits per heavy atom. The molecule has 1 heterocycles. The minimum Gasteiger partial charge on any atom is -0.240 e. The Hall–Kier alpha value is -1.06. The van der Waals surface area contributed by atoms with Gasteiger partial charge in [0.25, 0.3) is 6.43 Å². The van der Waals surface area contributed by atoms with Gasteiger partial charge in [0.2, 0.25) is 0 Å². The SMILES string of the molecule is CC(C)(C)c1ncc(C(F)F)cn1. The summed E-state index contributed by atoms with van der Waals surface area (Å²) in [5.74, 6) is 0.580. The van der Waals surface area contributed by atoms with Crippen molar-refractivity contribution in [3.8, 4) is 0 Å². The van der Waals surface area contributed by atoms with Gasteiger partial charge in [-0.25, -0.2) is 18.7 Å². The minimum atomic E-state index is -2.49. The number of hydrogen-bond acceptors (Lipinski definition) is 2. The molecule has 1 aromatic heterocycles. The zero-order valence-electron chi connectivity index (χ0n) is 7.88. The maximum Gasteiger partial charge on any atom is 0.266 e. The van der Waals surface area contributed by atoms with Crippen molar-refractivity contribution in [1.29, 1.82) is 0 Å². The molecule has 0 radical (unpaired) electrons. The highest BCUT2D eigenvalue weighted by molar-refractivity contribution is 5.10. The maximum absolute atomic E-state index is 12.1. The number of halogens is 2. The van der Waals surface area contributed by atoms with E-state index in [2.05, 4.69) is 9.97 Å². The molecule has 2 nitrogen and oxygen atoms in total. The summed E-state index contributed by atoms with van der Waals surface area (Å²) in [4.78, 5) is 7.76. The number of hydrogen-bond donors (Lipinski definition) is 0. The lowest BCUT2D eigenvalue weighted by atomic mass is 9.96. The monoisotopic (exact) mass is 186 g/mol. The molecule has 0 spiro atoms. The number of aromatic nitrogens is 2. The van der Waals surface area contributed by atoms with Crippen molar-refractivity contribution in [1.82, 2.24) is 9.97 Å². The second kappa shape index (κ2) is 3.36. The van der Waals surface area contributed by atoms with E-state index in [1.807, 2.05) is 20.8 Å². The molecule has 1 aromatic rings. The molecule has 0 aliphatic carbocycles. The van der Waals surface area contributed by atoms with Crippen LogP contribution in [0.3, 0.4) is 0 Å². The van der Waals surface area contributed by atoms with Gasteiger partial charge in [0.1, 0.15) is 5.82 Å². The van der Waals surface area contributed by atoms with E-state index in [1.165, 1.54) is 12.4 Å². The molecule has 0 aliphatic rings. The van der Waals surface area contributed by atoms with Crippen LogP contribution in [0.25, 0.3) is 0 Å². The molecule has 0 atom stereocenters. The molecule has 0 saturated carbocycles. The first kappa shape index (κ1) is 10.0. The van der Waals surface area contributed by atoms with Gasteiger partial charge in [-0.2, -0.15) is 0 Å². The Morgan fingerprint density at radius 3 is 1.92 bits per heavy atom. The number of rotatable bonds is 1. The second-order valence-electron chi connectivity index (χ2n) is 3.89. The molecule has 0 bridgehead atoms. The Bertz CT molecular complexity index is 275. The predicted molar refractivity (Wildman–Crippen MR) is 45.7 cm³/mol. The van der Waals surface area contributed by atoms with Crippen molar-refractivity contribution in [2.45, 2.75) is 32.6 Å². The van der Waals surface area contributed by atoms with E-state index >= 15 is 0 Å². The molecule has 0 N–H and O–H groups in total. The Labute approximate surface area is 76.0 Å². The topological polar surface area (TPSA) is 25.8 Å². The third kappa shape index (κ3) is 2.44. The summed E-state index contributed by atoms with van der Waals surface area (Å²) in [6.07, 6.45) is -0.134. The van der Waals surface area contributed by atoms with Gasteiger partial charge in [0.05, 0.1) is 5.56 Å². The molecule has 0 unspecified atom stereocenters. The van der Waals surface area contributed by atoms with Crippen LogP contribution in [0.5, 0.6) is 0 Å². The Kier molecular flexibility index (Phi) is 2.59. The summed E-state index contributed by atoms with van der Waals surface area (Å²) in [6, 6.07) is 0. The molecular formula is C9H12F2N2. The van der Waals surface area contributed by atoms with E-state index in [0.29, 0.717) is 5.82 Å². The van der Waals surface area contributed by atoms with E-state index in [0.717, 1.165) is 0 Å². The fraction of sp³-hybridized carbons (Fsp3) is 0.556. The molecule has 72 valence electrons. The molecule has 4 heteroatoms. The van der Waals surface area contributed by atoms with Gasteiger partial charge < -0.3 is 0 Å². The van der Waals surface area contributed by atoms with Crippen LogP contribution in [-0.4, -0.2) is 9.97 Å². The lowest BCUT2D eigenvalue weighted by molar-refractivity contribution is 0.150. The molecule has 1 rings (SSSR count). The zero-order valence-corrected chi connectivity index (χ0v) is 7.88. The highest BCUT2D eigenvalue weighted by atomic mass is 19.3. The molecule has 0 aromatic carbocycles. The van der Waals surface area contributed by atoms with Crippen LogP contribution in [0.1, 0.15) is 38.6 Å². The van der Waals surface area contributed by atoms with Crippen LogP contribution in [-0.2, 0) is 5.41 Å². The molecule has 0 amide bonds. The summed E-state index contributed by atoms with van der Waals surface area (Å²) >= 11 is 0. The fourth-order valence-electron chi connectivity index (χ4n) is 0.838.